The highest BCUT2D eigenvalue weighted by Crippen LogP contribution is 2.19. The van der Waals surface area contributed by atoms with Crippen LogP contribution in [-0.2, 0) is 25.7 Å². The molecule has 0 bridgehead atoms. The van der Waals surface area contributed by atoms with Gasteiger partial charge in [0, 0.05) is 34.2 Å². The molecule has 5 aromatic rings. The normalized spacial score (nSPS) is 11.3. The summed E-state index contributed by atoms with van der Waals surface area (Å²) in [6.07, 6.45) is 3.83. The number of rotatable bonds is 8. The molecule has 1 aromatic carbocycles. The third-order valence-corrected chi connectivity index (χ3v) is 7.38. The molecule has 0 spiro atoms. The van der Waals surface area contributed by atoms with Gasteiger partial charge in [0.05, 0.1) is 0 Å². The Balaban J connectivity index is 1.23. The standard InChI is InChI=1S/C34H38N4/c1-23-19-31(35-33(21-23)37-25(3)7-8-26(37)4)17-15-29-11-13-30(14-12-29)16-18-32-20-24(2)22-34(36-32)38-27(5)9-10-28(38)6/h7-14,19-22H,15-18H2,1-6H3. The fourth-order valence-corrected chi connectivity index (χ4v) is 5.40. The minimum Gasteiger partial charge on any atom is -0.303 e. The van der Waals surface area contributed by atoms with Gasteiger partial charge in [-0.15, -0.1) is 0 Å². The van der Waals surface area contributed by atoms with E-state index in [1.807, 2.05) is 0 Å². The summed E-state index contributed by atoms with van der Waals surface area (Å²) in [5.74, 6) is 2.04. The van der Waals surface area contributed by atoms with Gasteiger partial charge >= 0.3 is 0 Å². The summed E-state index contributed by atoms with van der Waals surface area (Å²) in [5, 5.41) is 0. The van der Waals surface area contributed by atoms with Crippen molar-refractivity contribution < 1.29 is 0 Å². The lowest BCUT2D eigenvalue weighted by Gasteiger charge is -2.12. The zero-order chi connectivity index (χ0) is 26.8. The number of aryl methyl sites for hydroxylation is 10. The second kappa shape index (κ2) is 10.8. The Kier molecular flexibility index (Phi) is 7.33. The van der Waals surface area contributed by atoms with E-state index in [1.54, 1.807) is 0 Å². The smallest absolute Gasteiger partial charge is 0.137 e. The molecule has 38 heavy (non-hydrogen) atoms. The Labute approximate surface area is 227 Å². The average molecular weight is 503 g/mol. The summed E-state index contributed by atoms with van der Waals surface area (Å²) in [7, 11) is 0. The molecule has 0 saturated heterocycles. The van der Waals surface area contributed by atoms with Crippen molar-refractivity contribution in [2.24, 2.45) is 0 Å². The number of benzene rings is 1. The van der Waals surface area contributed by atoms with Crippen molar-refractivity contribution in [1.29, 1.82) is 0 Å². The molecule has 0 aliphatic heterocycles. The van der Waals surface area contributed by atoms with Crippen molar-refractivity contribution in [3.05, 3.63) is 129 Å². The van der Waals surface area contributed by atoms with E-state index in [0.29, 0.717) is 0 Å². The van der Waals surface area contributed by atoms with Gasteiger partial charge < -0.3 is 9.13 Å². The number of hydrogen-bond acceptors (Lipinski definition) is 2. The molecule has 0 aliphatic carbocycles. The highest BCUT2D eigenvalue weighted by Gasteiger charge is 2.10. The van der Waals surface area contributed by atoms with Crippen molar-refractivity contribution in [2.75, 3.05) is 0 Å². The van der Waals surface area contributed by atoms with Crippen molar-refractivity contribution in [1.82, 2.24) is 19.1 Å². The molecule has 4 aromatic heterocycles. The molecule has 4 heterocycles. The molecule has 0 atom stereocenters. The van der Waals surface area contributed by atoms with Crippen LogP contribution >= 0.6 is 0 Å². The summed E-state index contributed by atoms with van der Waals surface area (Å²) >= 11 is 0. The van der Waals surface area contributed by atoms with Gasteiger partial charge in [0.25, 0.3) is 0 Å². The van der Waals surface area contributed by atoms with Gasteiger partial charge in [0.15, 0.2) is 0 Å². The van der Waals surface area contributed by atoms with Gasteiger partial charge in [-0.25, -0.2) is 9.97 Å². The van der Waals surface area contributed by atoms with Crippen LogP contribution in [0.4, 0.5) is 0 Å². The lowest BCUT2D eigenvalue weighted by Crippen LogP contribution is -2.05. The lowest BCUT2D eigenvalue weighted by molar-refractivity contribution is 0.855. The maximum absolute atomic E-state index is 4.99. The molecule has 4 nitrogen and oxygen atoms in total. The second-order valence-electron chi connectivity index (χ2n) is 10.7. The van der Waals surface area contributed by atoms with Crippen LogP contribution in [0.15, 0.2) is 72.8 Å². The third kappa shape index (κ3) is 5.65. The molecule has 0 N–H and O–H groups in total. The molecule has 5 rings (SSSR count). The second-order valence-corrected chi connectivity index (χ2v) is 10.7. The van der Waals surface area contributed by atoms with Crippen molar-refractivity contribution >= 4 is 0 Å². The van der Waals surface area contributed by atoms with Gasteiger partial charge in [-0.2, -0.15) is 0 Å². The Morgan fingerprint density at radius 3 is 1.13 bits per heavy atom. The van der Waals surface area contributed by atoms with Gasteiger partial charge in [0.2, 0.25) is 0 Å². The largest absolute Gasteiger partial charge is 0.303 e. The van der Waals surface area contributed by atoms with Gasteiger partial charge in [-0.05, 0) is 138 Å². The summed E-state index contributed by atoms with van der Waals surface area (Å²) in [4.78, 5) is 9.98. The Morgan fingerprint density at radius 1 is 0.447 bits per heavy atom. The number of hydrogen-bond donors (Lipinski definition) is 0. The number of nitrogens with zero attached hydrogens (tertiary/aromatic N) is 4. The molecule has 0 fully saturated rings. The third-order valence-electron chi connectivity index (χ3n) is 7.38. The van der Waals surface area contributed by atoms with Crippen LogP contribution in [0.5, 0.6) is 0 Å². The lowest BCUT2D eigenvalue weighted by atomic mass is 10.0. The molecule has 0 amide bonds. The van der Waals surface area contributed by atoms with Crippen LogP contribution in [0.1, 0.15) is 56.4 Å². The molecule has 0 saturated carbocycles. The molecular weight excluding hydrogens is 464 g/mol. The van der Waals surface area contributed by atoms with E-state index in [4.69, 9.17) is 9.97 Å². The number of aromatic nitrogens is 4. The van der Waals surface area contributed by atoms with Crippen LogP contribution in [0.25, 0.3) is 11.6 Å². The molecule has 0 aliphatic rings. The Morgan fingerprint density at radius 2 is 0.789 bits per heavy atom. The Bertz CT molecular complexity index is 1410. The van der Waals surface area contributed by atoms with Gasteiger partial charge in [-0.3, -0.25) is 0 Å². The minimum absolute atomic E-state index is 0.932. The molecule has 4 heteroatoms. The fourth-order valence-electron chi connectivity index (χ4n) is 5.40. The molecular formula is C34H38N4. The average Bonchev–Trinajstić information content (AvgIpc) is 3.40. The monoisotopic (exact) mass is 502 g/mol. The maximum Gasteiger partial charge on any atom is 0.137 e. The highest BCUT2D eigenvalue weighted by atomic mass is 15.1. The Hall–Kier alpha value is -3.92. The summed E-state index contributed by atoms with van der Waals surface area (Å²) < 4.78 is 4.47. The van der Waals surface area contributed by atoms with Crippen LogP contribution in [0, 0.1) is 41.5 Å². The summed E-state index contributed by atoms with van der Waals surface area (Å²) in [6.45, 7) is 12.9. The van der Waals surface area contributed by atoms with E-state index in [9.17, 15) is 0 Å². The predicted octanol–water partition coefficient (Wildman–Crippen LogP) is 7.48. The van der Waals surface area contributed by atoms with E-state index < -0.39 is 0 Å². The molecule has 0 unspecified atom stereocenters. The first kappa shape index (κ1) is 25.7. The maximum atomic E-state index is 4.99. The quantitative estimate of drug-likeness (QED) is 0.220. The topological polar surface area (TPSA) is 35.6 Å². The van der Waals surface area contributed by atoms with Crippen LogP contribution < -0.4 is 0 Å². The predicted molar refractivity (Wildman–Crippen MR) is 157 cm³/mol. The van der Waals surface area contributed by atoms with Crippen LogP contribution in [0.3, 0.4) is 0 Å². The fraction of sp³-hybridized carbons (Fsp3) is 0.294. The summed E-state index contributed by atoms with van der Waals surface area (Å²) in [6, 6.07) is 26.5. The first-order valence-corrected chi connectivity index (χ1v) is 13.6. The first-order chi connectivity index (χ1) is 18.3. The van der Waals surface area contributed by atoms with E-state index >= 15 is 0 Å². The summed E-state index contributed by atoms with van der Waals surface area (Å²) in [5.41, 5.74) is 12.4. The van der Waals surface area contributed by atoms with Crippen LogP contribution in [-0.4, -0.2) is 19.1 Å². The van der Waals surface area contributed by atoms with Crippen LogP contribution in [0.2, 0.25) is 0 Å². The molecule has 0 radical (unpaired) electrons. The van der Waals surface area contributed by atoms with Crippen molar-refractivity contribution in [2.45, 2.75) is 67.2 Å². The SMILES string of the molecule is Cc1cc(CCc2ccc(CCc3cc(C)cc(-n4c(C)ccc4C)n3)cc2)nc(-n2c(C)ccc2C)c1. The zero-order valence-electron chi connectivity index (χ0n) is 23.5. The zero-order valence-corrected chi connectivity index (χ0v) is 23.5. The van der Waals surface area contributed by atoms with Gasteiger partial charge in [0.1, 0.15) is 11.6 Å². The minimum atomic E-state index is 0.932. The molecule has 194 valence electrons. The highest BCUT2D eigenvalue weighted by molar-refractivity contribution is 5.37. The number of pyridine rings is 2. The van der Waals surface area contributed by atoms with E-state index in [1.165, 1.54) is 45.0 Å². The van der Waals surface area contributed by atoms with Crippen molar-refractivity contribution in [3.8, 4) is 11.6 Å². The van der Waals surface area contributed by atoms with E-state index in [0.717, 1.165) is 48.7 Å². The van der Waals surface area contributed by atoms with E-state index in [2.05, 4.69) is 123 Å². The first-order valence-electron chi connectivity index (χ1n) is 13.6. The van der Waals surface area contributed by atoms with Crippen molar-refractivity contribution in [3.63, 3.8) is 0 Å². The van der Waals surface area contributed by atoms with E-state index in [-0.39, 0.29) is 0 Å². The van der Waals surface area contributed by atoms with Gasteiger partial charge in [-0.1, -0.05) is 24.3 Å².